The predicted octanol–water partition coefficient (Wildman–Crippen LogP) is 4.69. The lowest BCUT2D eigenvalue weighted by atomic mass is 10.2. The fourth-order valence-electron chi connectivity index (χ4n) is 2.40. The second kappa shape index (κ2) is 8.33. The van der Waals surface area contributed by atoms with Gasteiger partial charge in [0.15, 0.2) is 0 Å². The Morgan fingerprint density at radius 1 is 0.889 bits per heavy atom. The molecule has 0 aliphatic heterocycles. The summed E-state index contributed by atoms with van der Waals surface area (Å²) in [5.41, 5.74) is 2.45. The molecule has 7 heteroatoms. The highest BCUT2D eigenvalue weighted by Gasteiger charge is 2.08. The summed E-state index contributed by atoms with van der Waals surface area (Å²) in [7, 11) is 0. The van der Waals surface area contributed by atoms with Crippen molar-refractivity contribution in [1.82, 2.24) is 4.98 Å². The van der Waals surface area contributed by atoms with Gasteiger partial charge in [0.05, 0.1) is 0 Å². The number of amides is 2. The maximum Gasteiger partial charge on any atom is 0.255 e. The second-order valence-electron chi connectivity index (χ2n) is 5.78. The quantitative estimate of drug-likeness (QED) is 0.599. The average molecular weight is 381 g/mol. The molecule has 0 aliphatic carbocycles. The summed E-state index contributed by atoms with van der Waals surface area (Å²) in [5.74, 6) is 0.0824. The molecule has 2 amide bonds. The molecule has 136 valence electrons. The summed E-state index contributed by atoms with van der Waals surface area (Å²) in [6.07, 6.45) is 1.56. The molecule has 0 saturated heterocycles. The summed E-state index contributed by atoms with van der Waals surface area (Å²) < 4.78 is 0. The summed E-state index contributed by atoms with van der Waals surface area (Å²) in [4.78, 5) is 27.9. The number of nitrogens with zero attached hydrogens (tertiary/aromatic N) is 1. The molecule has 3 rings (SSSR count). The summed E-state index contributed by atoms with van der Waals surface area (Å²) >= 11 is 5.88. The fourth-order valence-corrected chi connectivity index (χ4v) is 2.53. The Kier molecular flexibility index (Phi) is 5.68. The molecule has 27 heavy (non-hydrogen) atoms. The van der Waals surface area contributed by atoms with Crippen LogP contribution in [0.15, 0.2) is 66.9 Å². The van der Waals surface area contributed by atoms with Crippen molar-refractivity contribution in [2.24, 2.45) is 0 Å². The Hall–Kier alpha value is -3.38. The molecule has 1 aromatic heterocycles. The van der Waals surface area contributed by atoms with Gasteiger partial charge in [0.2, 0.25) is 5.91 Å². The number of rotatable bonds is 5. The molecular formula is C20H17ClN4O2. The van der Waals surface area contributed by atoms with Crippen LogP contribution in [0.1, 0.15) is 17.3 Å². The predicted molar refractivity (Wildman–Crippen MR) is 108 cm³/mol. The monoisotopic (exact) mass is 380 g/mol. The largest absolute Gasteiger partial charge is 0.340 e. The minimum atomic E-state index is -0.281. The van der Waals surface area contributed by atoms with Gasteiger partial charge in [-0.05, 0) is 54.6 Å². The number of carbonyl (C=O) groups excluding carboxylic acids is 2. The van der Waals surface area contributed by atoms with Crippen molar-refractivity contribution >= 4 is 46.3 Å². The van der Waals surface area contributed by atoms with Crippen molar-refractivity contribution in [3.63, 3.8) is 0 Å². The van der Waals surface area contributed by atoms with Gasteiger partial charge in [0, 0.05) is 40.8 Å². The minimum Gasteiger partial charge on any atom is -0.340 e. The molecule has 3 N–H and O–H groups in total. The van der Waals surface area contributed by atoms with Crippen LogP contribution in [0.4, 0.5) is 22.9 Å². The van der Waals surface area contributed by atoms with Crippen molar-refractivity contribution in [1.29, 1.82) is 0 Å². The van der Waals surface area contributed by atoms with E-state index in [-0.39, 0.29) is 11.8 Å². The van der Waals surface area contributed by atoms with E-state index in [9.17, 15) is 9.59 Å². The normalized spacial score (nSPS) is 10.1. The number of carbonyl (C=O) groups is 2. The first-order valence-corrected chi connectivity index (χ1v) is 8.55. The van der Waals surface area contributed by atoms with E-state index in [1.807, 2.05) is 12.1 Å². The van der Waals surface area contributed by atoms with Crippen molar-refractivity contribution in [3.05, 3.63) is 77.4 Å². The Morgan fingerprint density at radius 2 is 1.59 bits per heavy atom. The van der Waals surface area contributed by atoms with Crippen LogP contribution in [0.25, 0.3) is 0 Å². The van der Waals surface area contributed by atoms with Crippen LogP contribution in [0, 0.1) is 0 Å². The van der Waals surface area contributed by atoms with Gasteiger partial charge in [-0.25, -0.2) is 4.98 Å². The van der Waals surface area contributed by atoms with E-state index in [1.54, 1.807) is 54.7 Å². The van der Waals surface area contributed by atoms with Crippen LogP contribution in [-0.4, -0.2) is 16.8 Å². The number of aromatic nitrogens is 1. The van der Waals surface area contributed by atoms with Gasteiger partial charge in [-0.2, -0.15) is 0 Å². The first-order valence-electron chi connectivity index (χ1n) is 8.17. The second-order valence-corrected chi connectivity index (χ2v) is 6.21. The van der Waals surface area contributed by atoms with Gasteiger partial charge < -0.3 is 16.0 Å². The number of nitrogens with one attached hydrogen (secondary N) is 3. The lowest BCUT2D eigenvalue weighted by molar-refractivity contribution is -0.114. The number of halogens is 1. The average Bonchev–Trinajstić information content (AvgIpc) is 2.64. The zero-order valence-corrected chi connectivity index (χ0v) is 15.2. The molecule has 0 spiro atoms. The van der Waals surface area contributed by atoms with E-state index in [1.165, 1.54) is 6.92 Å². The molecule has 0 saturated carbocycles. The van der Waals surface area contributed by atoms with E-state index in [0.29, 0.717) is 27.8 Å². The molecular weight excluding hydrogens is 364 g/mol. The molecule has 0 atom stereocenters. The lowest BCUT2D eigenvalue weighted by Crippen LogP contribution is -2.13. The molecule has 3 aromatic rings. The zero-order valence-electron chi connectivity index (χ0n) is 14.5. The van der Waals surface area contributed by atoms with Crippen LogP contribution >= 0.6 is 11.6 Å². The molecule has 0 fully saturated rings. The standard InChI is InChI=1S/C20H17ClN4O2/c1-13(26)23-17-3-2-4-18(12-17)25-20(27)14-9-10-22-19(11-14)24-16-7-5-15(21)6-8-16/h2-12H,1H3,(H,22,24)(H,23,26)(H,25,27). The highest BCUT2D eigenvalue weighted by molar-refractivity contribution is 6.30. The highest BCUT2D eigenvalue weighted by Crippen LogP contribution is 2.19. The molecule has 0 unspecified atom stereocenters. The zero-order chi connectivity index (χ0) is 19.2. The van der Waals surface area contributed by atoms with E-state index in [4.69, 9.17) is 11.6 Å². The minimum absolute atomic E-state index is 0.175. The smallest absolute Gasteiger partial charge is 0.255 e. The number of hydrogen-bond acceptors (Lipinski definition) is 4. The van der Waals surface area contributed by atoms with Crippen LogP contribution < -0.4 is 16.0 Å². The third-order valence-electron chi connectivity index (χ3n) is 3.58. The molecule has 0 radical (unpaired) electrons. The number of hydrogen-bond donors (Lipinski definition) is 3. The van der Waals surface area contributed by atoms with Crippen molar-refractivity contribution in [2.45, 2.75) is 6.92 Å². The highest BCUT2D eigenvalue weighted by atomic mass is 35.5. The first-order chi connectivity index (χ1) is 13.0. The van der Waals surface area contributed by atoms with Crippen LogP contribution in [0.5, 0.6) is 0 Å². The van der Waals surface area contributed by atoms with E-state index < -0.39 is 0 Å². The van der Waals surface area contributed by atoms with Gasteiger partial charge in [-0.1, -0.05) is 17.7 Å². The summed E-state index contributed by atoms with van der Waals surface area (Å²) in [5, 5.41) is 9.25. The molecule has 1 heterocycles. The Labute approximate surface area is 161 Å². The number of anilines is 4. The van der Waals surface area contributed by atoms with Gasteiger partial charge in [-0.15, -0.1) is 0 Å². The fraction of sp³-hybridized carbons (Fsp3) is 0.0500. The maximum atomic E-state index is 12.5. The number of pyridine rings is 1. The topological polar surface area (TPSA) is 83.1 Å². The van der Waals surface area contributed by atoms with Crippen molar-refractivity contribution < 1.29 is 9.59 Å². The van der Waals surface area contributed by atoms with Gasteiger partial charge in [0.25, 0.3) is 5.91 Å². The third-order valence-corrected chi connectivity index (χ3v) is 3.83. The molecule has 0 aliphatic rings. The Morgan fingerprint density at radius 3 is 2.30 bits per heavy atom. The SMILES string of the molecule is CC(=O)Nc1cccc(NC(=O)c2ccnc(Nc3ccc(Cl)cc3)c2)c1. The first kappa shape index (κ1) is 18.4. The van der Waals surface area contributed by atoms with Gasteiger partial charge in [-0.3, -0.25) is 9.59 Å². The summed E-state index contributed by atoms with van der Waals surface area (Å²) in [6.45, 7) is 1.43. The van der Waals surface area contributed by atoms with E-state index in [0.717, 1.165) is 5.69 Å². The van der Waals surface area contributed by atoms with Crippen LogP contribution in [-0.2, 0) is 4.79 Å². The van der Waals surface area contributed by atoms with Crippen LogP contribution in [0.2, 0.25) is 5.02 Å². The van der Waals surface area contributed by atoms with Crippen LogP contribution in [0.3, 0.4) is 0 Å². The molecule has 0 bridgehead atoms. The van der Waals surface area contributed by atoms with Crippen molar-refractivity contribution in [2.75, 3.05) is 16.0 Å². The van der Waals surface area contributed by atoms with Crippen molar-refractivity contribution in [3.8, 4) is 0 Å². The van der Waals surface area contributed by atoms with E-state index in [2.05, 4.69) is 20.9 Å². The Bertz CT molecular complexity index is 974. The Balaban J connectivity index is 1.71. The van der Waals surface area contributed by atoms with E-state index >= 15 is 0 Å². The third kappa shape index (κ3) is 5.29. The molecule has 2 aromatic carbocycles. The maximum absolute atomic E-state index is 12.5. The van der Waals surface area contributed by atoms with Gasteiger partial charge in [0.1, 0.15) is 5.82 Å². The van der Waals surface area contributed by atoms with Gasteiger partial charge >= 0.3 is 0 Å². The lowest BCUT2D eigenvalue weighted by Gasteiger charge is -2.10. The molecule has 6 nitrogen and oxygen atoms in total. The number of benzene rings is 2. The summed E-state index contributed by atoms with van der Waals surface area (Å²) in [6, 6.07) is 17.4.